The maximum absolute atomic E-state index is 12.9. The lowest BCUT2D eigenvalue weighted by atomic mass is 10.2. The Bertz CT molecular complexity index is 729. The topological polar surface area (TPSA) is 46.5 Å². The SMILES string of the molecule is O=S(=O)(N=Cc1cccc(F)c1)c1cccc(Cl)c1. The van der Waals surface area contributed by atoms with Crippen molar-refractivity contribution in [3.63, 3.8) is 0 Å². The van der Waals surface area contributed by atoms with E-state index >= 15 is 0 Å². The Morgan fingerprint density at radius 3 is 2.53 bits per heavy atom. The molecular weight excluding hydrogens is 289 g/mol. The van der Waals surface area contributed by atoms with Gasteiger partial charge >= 0.3 is 0 Å². The van der Waals surface area contributed by atoms with E-state index in [9.17, 15) is 12.8 Å². The van der Waals surface area contributed by atoms with Crippen LogP contribution in [0.15, 0.2) is 57.8 Å². The van der Waals surface area contributed by atoms with Crippen LogP contribution in [0.4, 0.5) is 4.39 Å². The van der Waals surface area contributed by atoms with Gasteiger partial charge in [-0.3, -0.25) is 0 Å². The third-order valence-electron chi connectivity index (χ3n) is 2.28. The fraction of sp³-hybridized carbons (Fsp3) is 0. The quantitative estimate of drug-likeness (QED) is 0.816. The number of halogens is 2. The molecular formula is C13H9ClFNO2S. The van der Waals surface area contributed by atoms with Crippen LogP contribution in [0.5, 0.6) is 0 Å². The maximum Gasteiger partial charge on any atom is 0.282 e. The van der Waals surface area contributed by atoms with Crippen LogP contribution < -0.4 is 0 Å². The van der Waals surface area contributed by atoms with Gasteiger partial charge in [0.05, 0.1) is 4.90 Å². The van der Waals surface area contributed by atoms with E-state index in [2.05, 4.69) is 4.40 Å². The lowest BCUT2D eigenvalue weighted by Crippen LogP contribution is -1.97. The molecule has 0 N–H and O–H groups in total. The van der Waals surface area contributed by atoms with Crippen LogP contribution in [0.25, 0.3) is 0 Å². The van der Waals surface area contributed by atoms with Gasteiger partial charge in [-0.15, -0.1) is 0 Å². The van der Waals surface area contributed by atoms with Crippen LogP contribution >= 0.6 is 11.6 Å². The van der Waals surface area contributed by atoms with Gasteiger partial charge in [0.2, 0.25) is 0 Å². The third-order valence-corrected chi connectivity index (χ3v) is 3.75. The summed E-state index contributed by atoms with van der Waals surface area (Å²) in [4.78, 5) is -0.00680. The van der Waals surface area contributed by atoms with E-state index in [1.54, 1.807) is 12.1 Å². The second-order valence-corrected chi connectivity index (χ2v) is 5.79. The Labute approximate surface area is 115 Å². The molecule has 19 heavy (non-hydrogen) atoms. The Balaban J connectivity index is 2.32. The summed E-state index contributed by atoms with van der Waals surface area (Å²) in [6.45, 7) is 0. The fourth-order valence-corrected chi connectivity index (χ4v) is 2.57. The summed E-state index contributed by atoms with van der Waals surface area (Å²) < 4.78 is 40.2. The van der Waals surface area contributed by atoms with E-state index < -0.39 is 15.8 Å². The van der Waals surface area contributed by atoms with E-state index in [0.717, 1.165) is 6.21 Å². The summed E-state index contributed by atoms with van der Waals surface area (Å²) in [7, 11) is -3.83. The Morgan fingerprint density at radius 1 is 1.11 bits per heavy atom. The number of hydrogen-bond donors (Lipinski definition) is 0. The first-order valence-corrected chi connectivity index (χ1v) is 7.11. The van der Waals surface area contributed by atoms with Gasteiger partial charge in [0.15, 0.2) is 0 Å². The van der Waals surface area contributed by atoms with Crippen molar-refractivity contribution in [2.24, 2.45) is 4.40 Å². The molecule has 0 aliphatic rings. The van der Waals surface area contributed by atoms with Gasteiger partial charge in [0, 0.05) is 11.2 Å². The third kappa shape index (κ3) is 3.62. The van der Waals surface area contributed by atoms with Gasteiger partial charge in [-0.05, 0) is 35.9 Å². The molecule has 0 aromatic heterocycles. The first-order valence-electron chi connectivity index (χ1n) is 5.29. The zero-order valence-corrected chi connectivity index (χ0v) is 11.2. The van der Waals surface area contributed by atoms with Gasteiger partial charge in [-0.25, -0.2) is 4.39 Å². The Morgan fingerprint density at radius 2 is 1.84 bits per heavy atom. The highest BCUT2D eigenvalue weighted by atomic mass is 35.5. The van der Waals surface area contributed by atoms with E-state index in [0.29, 0.717) is 10.6 Å². The second-order valence-electron chi connectivity index (χ2n) is 3.72. The van der Waals surface area contributed by atoms with Crippen molar-refractivity contribution < 1.29 is 12.8 Å². The lowest BCUT2D eigenvalue weighted by Gasteiger charge is -1.99. The van der Waals surface area contributed by atoms with Crippen LogP contribution in [0, 0.1) is 5.82 Å². The minimum Gasteiger partial charge on any atom is -0.207 e. The summed E-state index contributed by atoms with van der Waals surface area (Å²) in [5.74, 6) is -0.455. The molecule has 0 atom stereocenters. The van der Waals surface area contributed by atoms with Gasteiger partial charge < -0.3 is 0 Å². The zero-order chi connectivity index (χ0) is 13.9. The van der Waals surface area contributed by atoms with Crippen molar-refractivity contribution in [2.45, 2.75) is 4.90 Å². The molecule has 0 saturated heterocycles. The van der Waals surface area contributed by atoms with E-state index in [1.807, 2.05) is 0 Å². The molecule has 0 radical (unpaired) electrons. The largest absolute Gasteiger partial charge is 0.282 e. The summed E-state index contributed by atoms with van der Waals surface area (Å²) in [6, 6.07) is 11.3. The van der Waals surface area contributed by atoms with E-state index in [-0.39, 0.29) is 4.90 Å². The number of rotatable bonds is 3. The number of hydrogen-bond acceptors (Lipinski definition) is 2. The highest BCUT2D eigenvalue weighted by Crippen LogP contribution is 2.17. The van der Waals surface area contributed by atoms with Gasteiger partial charge in [-0.2, -0.15) is 12.8 Å². The maximum atomic E-state index is 12.9. The molecule has 6 heteroatoms. The molecule has 2 rings (SSSR count). The minimum atomic E-state index is -3.83. The average molecular weight is 298 g/mol. The van der Waals surface area contributed by atoms with Crippen molar-refractivity contribution in [1.82, 2.24) is 0 Å². The van der Waals surface area contributed by atoms with Crippen LogP contribution in [-0.2, 0) is 10.0 Å². The molecule has 3 nitrogen and oxygen atoms in total. The average Bonchev–Trinajstić information content (AvgIpc) is 2.37. The van der Waals surface area contributed by atoms with Crippen molar-refractivity contribution in [3.8, 4) is 0 Å². The van der Waals surface area contributed by atoms with Crippen LogP contribution in [-0.4, -0.2) is 14.6 Å². The van der Waals surface area contributed by atoms with Crippen LogP contribution in [0.2, 0.25) is 5.02 Å². The summed E-state index contributed by atoms with van der Waals surface area (Å²) in [5, 5.41) is 0.307. The molecule has 2 aromatic rings. The standard InChI is InChI=1S/C13H9ClFNO2S/c14-11-4-2-6-13(8-11)19(17,18)16-9-10-3-1-5-12(15)7-10/h1-9H. The monoisotopic (exact) mass is 297 g/mol. The predicted octanol–water partition coefficient (Wildman–Crippen LogP) is 3.29. The lowest BCUT2D eigenvalue weighted by molar-refractivity contribution is 0.598. The normalized spacial score (nSPS) is 11.9. The first kappa shape index (κ1) is 13.7. The smallest absolute Gasteiger partial charge is 0.207 e. The summed E-state index contributed by atoms with van der Waals surface area (Å²) in [6.07, 6.45) is 1.10. The Kier molecular flexibility index (Phi) is 3.97. The molecule has 0 saturated carbocycles. The number of sulfonamides is 1. The predicted molar refractivity (Wildman–Crippen MR) is 72.6 cm³/mol. The van der Waals surface area contributed by atoms with Crippen molar-refractivity contribution in [2.75, 3.05) is 0 Å². The first-order chi connectivity index (χ1) is 8.97. The molecule has 0 amide bonds. The van der Waals surface area contributed by atoms with Crippen LogP contribution in [0.3, 0.4) is 0 Å². The molecule has 2 aromatic carbocycles. The van der Waals surface area contributed by atoms with Gasteiger partial charge in [0.25, 0.3) is 10.0 Å². The molecule has 0 aliphatic carbocycles. The summed E-state index contributed by atoms with van der Waals surface area (Å²) >= 11 is 5.72. The molecule has 0 fully saturated rings. The molecule has 0 bridgehead atoms. The molecule has 0 unspecified atom stereocenters. The van der Waals surface area contributed by atoms with Crippen molar-refractivity contribution in [3.05, 3.63) is 64.9 Å². The highest BCUT2D eigenvalue weighted by molar-refractivity contribution is 7.90. The van der Waals surface area contributed by atoms with Gasteiger partial charge in [-0.1, -0.05) is 29.8 Å². The van der Waals surface area contributed by atoms with Gasteiger partial charge in [0.1, 0.15) is 5.82 Å². The second kappa shape index (κ2) is 5.50. The van der Waals surface area contributed by atoms with E-state index in [4.69, 9.17) is 11.6 Å². The molecule has 0 aliphatic heterocycles. The molecule has 98 valence electrons. The number of nitrogens with zero attached hydrogens (tertiary/aromatic N) is 1. The highest BCUT2D eigenvalue weighted by Gasteiger charge is 2.11. The zero-order valence-electron chi connectivity index (χ0n) is 9.62. The minimum absolute atomic E-state index is 0.00680. The van der Waals surface area contributed by atoms with E-state index in [1.165, 1.54) is 36.4 Å². The molecule has 0 heterocycles. The Hall–Kier alpha value is -1.72. The van der Waals surface area contributed by atoms with Crippen molar-refractivity contribution in [1.29, 1.82) is 0 Å². The van der Waals surface area contributed by atoms with Crippen LogP contribution in [0.1, 0.15) is 5.56 Å². The van der Waals surface area contributed by atoms with Crippen molar-refractivity contribution >= 4 is 27.8 Å². The molecule has 0 spiro atoms. The fourth-order valence-electron chi connectivity index (χ4n) is 1.41. The number of benzene rings is 2. The summed E-state index contributed by atoms with van der Waals surface area (Å²) in [5.41, 5.74) is 0.366.